The van der Waals surface area contributed by atoms with Crippen molar-refractivity contribution in [1.82, 2.24) is 0 Å². The molecule has 0 aliphatic carbocycles. The van der Waals surface area contributed by atoms with Gasteiger partial charge in [-0.25, -0.2) is 0 Å². The van der Waals surface area contributed by atoms with Crippen LogP contribution in [0.25, 0.3) is 16.3 Å². The maximum absolute atomic E-state index is 14.3. The smallest absolute Gasteiger partial charge is 0.394 e. The standard InChI is InChI=1S/C24H25F3N2O4/c1-14-10-11-29(14)23-16-5-3-2-4-15(16)6-7-17(23)22(24(25,26)27)18(12-28)19(31)8-9-20(32)21(33)13-30/h2-7,14,20-21,30,32-33H,8-11,13H2,1H3/b22-18-. The first-order valence-corrected chi connectivity index (χ1v) is 10.6. The highest BCUT2D eigenvalue weighted by atomic mass is 19.4. The molecule has 0 saturated carbocycles. The van der Waals surface area contributed by atoms with Crippen LogP contribution in [0.5, 0.6) is 0 Å². The summed E-state index contributed by atoms with van der Waals surface area (Å²) in [4.78, 5) is 14.5. The predicted octanol–water partition coefficient (Wildman–Crippen LogP) is 3.34. The molecule has 3 unspecified atom stereocenters. The average molecular weight is 462 g/mol. The third-order valence-corrected chi connectivity index (χ3v) is 6.00. The van der Waals surface area contributed by atoms with Crippen molar-refractivity contribution in [3.05, 3.63) is 47.5 Å². The van der Waals surface area contributed by atoms with Gasteiger partial charge in [0.05, 0.1) is 24.0 Å². The number of nitriles is 1. The first-order valence-electron chi connectivity index (χ1n) is 10.6. The molecule has 3 rings (SSSR count). The highest BCUT2D eigenvalue weighted by molar-refractivity contribution is 6.10. The van der Waals surface area contributed by atoms with Gasteiger partial charge in [0, 0.05) is 30.0 Å². The van der Waals surface area contributed by atoms with Crippen molar-refractivity contribution >= 4 is 27.8 Å². The van der Waals surface area contributed by atoms with E-state index < -0.39 is 54.8 Å². The lowest BCUT2D eigenvalue weighted by Gasteiger charge is -2.43. The molecule has 0 radical (unpaired) electrons. The van der Waals surface area contributed by atoms with Gasteiger partial charge in [0.2, 0.25) is 0 Å². The van der Waals surface area contributed by atoms with Crippen LogP contribution in [0, 0.1) is 11.3 Å². The number of ketones is 1. The zero-order valence-corrected chi connectivity index (χ0v) is 18.0. The van der Waals surface area contributed by atoms with Crippen LogP contribution in [-0.2, 0) is 4.79 Å². The molecule has 33 heavy (non-hydrogen) atoms. The van der Waals surface area contributed by atoms with Gasteiger partial charge in [0.1, 0.15) is 17.7 Å². The molecule has 2 aromatic rings. The Labute approximate surface area is 189 Å². The van der Waals surface area contributed by atoms with Crippen LogP contribution in [0.2, 0.25) is 0 Å². The largest absolute Gasteiger partial charge is 0.418 e. The van der Waals surface area contributed by atoms with Crippen molar-refractivity contribution in [2.75, 3.05) is 18.1 Å². The molecule has 2 aromatic carbocycles. The van der Waals surface area contributed by atoms with Crippen LogP contribution in [0.1, 0.15) is 31.7 Å². The number of allylic oxidation sites excluding steroid dienone is 2. The second-order valence-electron chi connectivity index (χ2n) is 8.15. The Morgan fingerprint density at radius 1 is 1.21 bits per heavy atom. The minimum absolute atomic E-state index is 0.000364. The number of aliphatic hydroxyl groups is 3. The fourth-order valence-electron chi connectivity index (χ4n) is 4.02. The SMILES string of the molecule is CC1CCN1c1c(/C(=C(\C#N)C(=O)CCC(O)C(O)CO)C(F)(F)F)ccc2ccccc12. The maximum Gasteiger partial charge on any atom is 0.418 e. The topological polar surface area (TPSA) is 105 Å². The molecule has 3 atom stereocenters. The number of carbonyl (C=O) groups excluding carboxylic acids is 1. The van der Waals surface area contributed by atoms with E-state index in [9.17, 15) is 33.4 Å². The van der Waals surface area contributed by atoms with E-state index in [0.717, 1.165) is 11.8 Å². The summed E-state index contributed by atoms with van der Waals surface area (Å²) >= 11 is 0. The highest BCUT2D eigenvalue weighted by Crippen LogP contribution is 2.45. The van der Waals surface area contributed by atoms with E-state index in [0.29, 0.717) is 17.6 Å². The van der Waals surface area contributed by atoms with Crippen LogP contribution >= 0.6 is 0 Å². The number of Topliss-reactive ketones (excluding diaryl/α,β-unsaturated/α-hetero) is 1. The van der Waals surface area contributed by atoms with E-state index in [4.69, 9.17) is 5.11 Å². The van der Waals surface area contributed by atoms with Gasteiger partial charge in [0.15, 0.2) is 5.78 Å². The Morgan fingerprint density at radius 3 is 2.45 bits per heavy atom. The Morgan fingerprint density at radius 2 is 1.91 bits per heavy atom. The number of anilines is 1. The van der Waals surface area contributed by atoms with Gasteiger partial charge in [-0.3, -0.25) is 4.79 Å². The summed E-state index contributed by atoms with van der Waals surface area (Å²) in [6.07, 6.45) is -8.22. The van der Waals surface area contributed by atoms with E-state index in [2.05, 4.69) is 0 Å². The molecule has 0 bridgehead atoms. The lowest BCUT2D eigenvalue weighted by molar-refractivity contribution is -0.116. The summed E-state index contributed by atoms with van der Waals surface area (Å²) in [5.74, 6) is -1.09. The third-order valence-electron chi connectivity index (χ3n) is 6.00. The van der Waals surface area contributed by atoms with Crippen molar-refractivity contribution < 1.29 is 33.3 Å². The number of nitrogens with zero attached hydrogens (tertiary/aromatic N) is 2. The molecular weight excluding hydrogens is 437 g/mol. The summed E-state index contributed by atoms with van der Waals surface area (Å²) in [7, 11) is 0. The number of halogens is 3. The molecule has 1 fully saturated rings. The van der Waals surface area contributed by atoms with Gasteiger partial charge in [-0.15, -0.1) is 0 Å². The number of carbonyl (C=O) groups is 1. The Kier molecular flexibility index (Phi) is 7.42. The molecule has 0 amide bonds. The minimum Gasteiger partial charge on any atom is -0.394 e. The lowest BCUT2D eigenvalue weighted by Crippen LogP contribution is -2.46. The second kappa shape index (κ2) is 9.91. The first kappa shape index (κ1) is 24.7. The summed E-state index contributed by atoms with van der Waals surface area (Å²) in [6.45, 7) is 1.68. The normalized spacial score (nSPS) is 18.8. The van der Waals surface area contributed by atoms with Crippen molar-refractivity contribution in [2.45, 2.75) is 50.6 Å². The highest BCUT2D eigenvalue weighted by Gasteiger charge is 2.42. The molecule has 3 N–H and O–H groups in total. The van der Waals surface area contributed by atoms with Gasteiger partial charge < -0.3 is 20.2 Å². The molecule has 1 aliphatic rings. The summed E-state index contributed by atoms with van der Waals surface area (Å²) in [5.41, 5.74) is -2.27. The van der Waals surface area contributed by atoms with Crippen molar-refractivity contribution in [3.8, 4) is 6.07 Å². The van der Waals surface area contributed by atoms with Gasteiger partial charge >= 0.3 is 6.18 Å². The van der Waals surface area contributed by atoms with Crippen LogP contribution < -0.4 is 4.90 Å². The number of benzene rings is 2. The third kappa shape index (κ3) is 5.03. The Balaban J connectivity index is 2.16. The van der Waals surface area contributed by atoms with E-state index in [-0.39, 0.29) is 11.6 Å². The van der Waals surface area contributed by atoms with Gasteiger partial charge in [-0.2, -0.15) is 18.4 Å². The van der Waals surface area contributed by atoms with Crippen molar-refractivity contribution in [2.24, 2.45) is 0 Å². The van der Waals surface area contributed by atoms with Crippen molar-refractivity contribution in [1.29, 1.82) is 5.26 Å². The minimum atomic E-state index is -4.99. The van der Waals surface area contributed by atoms with E-state index in [1.54, 1.807) is 24.3 Å². The zero-order chi connectivity index (χ0) is 24.3. The number of fused-ring (bicyclic) bond motifs is 1. The van der Waals surface area contributed by atoms with E-state index >= 15 is 0 Å². The summed E-state index contributed by atoms with van der Waals surface area (Å²) < 4.78 is 43.0. The molecule has 176 valence electrons. The fourth-order valence-corrected chi connectivity index (χ4v) is 4.02. The van der Waals surface area contributed by atoms with Gasteiger partial charge in [0.25, 0.3) is 0 Å². The number of hydrogen-bond acceptors (Lipinski definition) is 6. The van der Waals surface area contributed by atoms with Crippen LogP contribution in [-0.4, -0.2) is 58.7 Å². The summed E-state index contributed by atoms with van der Waals surface area (Å²) in [6, 6.07) is 11.3. The molecule has 1 saturated heterocycles. The fraction of sp³-hybridized carbons (Fsp3) is 0.417. The van der Waals surface area contributed by atoms with Gasteiger partial charge in [-0.05, 0) is 25.2 Å². The maximum atomic E-state index is 14.3. The predicted molar refractivity (Wildman–Crippen MR) is 117 cm³/mol. The molecule has 0 aromatic heterocycles. The summed E-state index contributed by atoms with van der Waals surface area (Å²) in [5, 5.41) is 39.0. The number of aliphatic hydroxyl groups excluding tert-OH is 3. The molecular formula is C24H25F3N2O4. The monoisotopic (exact) mass is 462 g/mol. The molecule has 0 spiro atoms. The molecule has 9 heteroatoms. The van der Waals surface area contributed by atoms with E-state index in [1.807, 2.05) is 11.8 Å². The van der Waals surface area contributed by atoms with Crippen LogP contribution in [0.3, 0.4) is 0 Å². The van der Waals surface area contributed by atoms with Crippen LogP contribution in [0.15, 0.2) is 42.0 Å². The van der Waals surface area contributed by atoms with Gasteiger partial charge in [-0.1, -0.05) is 36.4 Å². The van der Waals surface area contributed by atoms with Crippen molar-refractivity contribution in [3.63, 3.8) is 0 Å². The molecule has 1 aliphatic heterocycles. The number of alkyl halides is 3. The Hall–Kier alpha value is -2.93. The Bertz CT molecular complexity index is 1110. The van der Waals surface area contributed by atoms with E-state index in [1.165, 1.54) is 18.2 Å². The average Bonchev–Trinajstić information content (AvgIpc) is 2.78. The second-order valence-corrected chi connectivity index (χ2v) is 8.15. The first-order chi connectivity index (χ1) is 15.6. The molecule has 1 heterocycles. The molecule has 6 nitrogen and oxygen atoms in total. The lowest BCUT2D eigenvalue weighted by atomic mass is 9.89. The number of hydrogen-bond donors (Lipinski definition) is 3. The quantitative estimate of drug-likeness (QED) is 0.411. The number of rotatable bonds is 8. The zero-order valence-electron chi connectivity index (χ0n) is 18.0. The van der Waals surface area contributed by atoms with Crippen LogP contribution in [0.4, 0.5) is 18.9 Å².